The molecule has 2 aliphatic heterocycles. The lowest BCUT2D eigenvalue weighted by atomic mass is 9.87. The van der Waals surface area contributed by atoms with Gasteiger partial charge in [0.1, 0.15) is 17.7 Å². The second-order valence-electron chi connectivity index (χ2n) is 9.29. The van der Waals surface area contributed by atoms with Gasteiger partial charge < -0.3 is 30.0 Å². The van der Waals surface area contributed by atoms with Crippen LogP contribution in [0.15, 0.2) is 48.5 Å². The highest BCUT2D eigenvalue weighted by Gasteiger charge is 2.50. The van der Waals surface area contributed by atoms with Crippen molar-refractivity contribution in [3.8, 4) is 11.1 Å². The summed E-state index contributed by atoms with van der Waals surface area (Å²) in [6, 6.07) is 16.0. The molecule has 0 aromatic heterocycles. The van der Waals surface area contributed by atoms with E-state index in [0.717, 1.165) is 22.3 Å². The number of aliphatic carboxylic acids is 1. The van der Waals surface area contributed by atoms with Gasteiger partial charge in [-0.25, -0.2) is 9.59 Å². The molecular formula is C26H28N2O7. The van der Waals surface area contributed by atoms with Crippen LogP contribution in [-0.2, 0) is 23.8 Å². The van der Waals surface area contributed by atoms with Gasteiger partial charge in [0.25, 0.3) is 0 Å². The number of benzene rings is 2. The number of carboxylic acids is 1. The Bertz CT molecular complexity index is 1090. The van der Waals surface area contributed by atoms with Crippen molar-refractivity contribution < 1.29 is 33.7 Å². The highest BCUT2D eigenvalue weighted by atomic mass is 16.6. The highest BCUT2D eigenvalue weighted by Crippen LogP contribution is 2.44. The van der Waals surface area contributed by atoms with Gasteiger partial charge in [-0.1, -0.05) is 48.5 Å². The number of alkyl carbamates (subject to hydrolysis) is 1. The number of amides is 2. The number of ether oxygens (including phenoxy) is 3. The van der Waals surface area contributed by atoms with Crippen molar-refractivity contribution >= 4 is 18.0 Å². The third kappa shape index (κ3) is 4.26. The Kier molecular flexibility index (Phi) is 6.21. The molecule has 1 aliphatic carbocycles. The molecule has 9 heteroatoms. The fourth-order valence-electron chi connectivity index (χ4n) is 5.18. The quantitative estimate of drug-likeness (QED) is 0.580. The molecule has 0 bridgehead atoms. The first-order valence-electron chi connectivity index (χ1n) is 11.8. The van der Waals surface area contributed by atoms with E-state index in [1.54, 1.807) is 0 Å². The van der Waals surface area contributed by atoms with Crippen molar-refractivity contribution in [3.05, 3.63) is 59.7 Å². The normalized spacial score (nSPS) is 22.6. The molecule has 2 amide bonds. The summed E-state index contributed by atoms with van der Waals surface area (Å²) in [5.41, 5.74) is 1.57. The highest BCUT2D eigenvalue weighted by molar-refractivity contribution is 5.94. The predicted molar refractivity (Wildman–Crippen MR) is 125 cm³/mol. The monoisotopic (exact) mass is 480 g/mol. The third-order valence-corrected chi connectivity index (χ3v) is 7.25. The van der Waals surface area contributed by atoms with Gasteiger partial charge in [0, 0.05) is 45.0 Å². The molecule has 0 spiro atoms. The average molecular weight is 481 g/mol. The average Bonchev–Trinajstić information content (AvgIpc) is 3.47. The van der Waals surface area contributed by atoms with Crippen LogP contribution in [-0.4, -0.2) is 67.2 Å². The van der Waals surface area contributed by atoms with Crippen LogP contribution in [0.2, 0.25) is 0 Å². The molecule has 2 heterocycles. The van der Waals surface area contributed by atoms with Gasteiger partial charge in [-0.2, -0.15) is 0 Å². The molecule has 184 valence electrons. The molecule has 3 aliphatic rings. The van der Waals surface area contributed by atoms with Gasteiger partial charge in [-0.3, -0.25) is 4.79 Å². The Morgan fingerprint density at radius 1 is 0.857 bits per heavy atom. The Hall–Kier alpha value is -3.43. The third-order valence-electron chi connectivity index (χ3n) is 7.25. The molecule has 5 rings (SSSR count). The first-order chi connectivity index (χ1) is 16.9. The molecule has 0 saturated carbocycles. The van der Waals surface area contributed by atoms with E-state index >= 15 is 0 Å². The second-order valence-corrected chi connectivity index (χ2v) is 9.29. The molecule has 2 saturated heterocycles. The zero-order chi connectivity index (χ0) is 24.5. The van der Waals surface area contributed by atoms with Crippen molar-refractivity contribution in [2.45, 2.75) is 36.3 Å². The molecular weight excluding hydrogens is 452 g/mol. The van der Waals surface area contributed by atoms with E-state index in [-0.39, 0.29) is 58.2 Å². The molecule has 35 heavy (non-hydrogen) atoms. The molecule has 2 fully saturated rings. The fourth-order valence-corrected chi connectivity index (χ4v) is 5.18. The molecule has 9 nitrogen and oxygen atoms in total. The number of carboxylic acid groups (broad SMARTS) is 1. The summed E-state index contributed by atoms with van der Waals surface area (Å²) in [5.74, 6) is -1.83. The van der Waals surface area contributed by atoms with Crippen LogP contribution in [0, 0.1) is 0 Å². The minimum Gasteiger partial charge on any atom is -0.480 e. The van der Waals surface area contributed by atoms with Crippen LogP contribution in [0.3, 0.4) is 0 Å². The number of rotatable bonds is 6. The van der Waals surface area contributed by atoms with Gasteiger partial charge in [0.05, 0.1) is 6.61 Å². The summed E-state index contributed by atoms with van der Waals surface area (Å²) >= 11 is 0. The summed E-state index contributed by atoms with van der Waals surface area (Å²) < 4.78 is 16.3. The predicted octanol–water partition coefficient (Wildman–Crippen LogP) is 2.43. The number of hydrogen-bond donors (Lipinski definition) is 3. The maximum absolute atomic E-state index is 13.3. The number of carbonyl (C=O) groups excluding carboxylic acids is 2. The maximum Gasteiger partial charge on any atom is 0.408 e. The number of nitrogens with one attached hydrogen (secondary N) is 2. The van der Waals surface area contributed by atoms with Crippen LogP contribution in [0.25, 0.3) is 11.1 Å². The summed E-state index contributed by atoms with van der Waals surface area (Å²) in [5, 5.41) is 15.2. The van der Waals surface area contributed by atoms with E-state index in [0.29, 0.717) is 0 Å². The Balaban J connectivity index is 1.28. The van der Waals surface area contributed by atoms with Crippen molar-refractivity contribution in [1.29, 1.82) is 0 Å². The first-order valence-corrected chi connectivity index (χ1v) is 11.8. The maximum atomic E-state index is 13.3. The van der Waals surface area contributed by atoms with E-state index in [1.165, 1.54) is 0 Å². The lowest BCUT2D eigenvalue weighted by molar-refractivity contribution is -0.153. The number of hydrogen-bond acceptors (Lipinski definition) is 6. The lowest BCUT2D eigenvalue weighted by Gasteiger charge is -2.37. The van der Waals surface area contributed by atoms with Gasteiger partial charge in [-0.15, -0.1) is 0 Å². The summed E-state index contributed by atoms with van der Waals surface area (Å²) in [4.78, 5) is 38.2. The molecule has 2 aromatic rings. The van der Waals surface area contributed by atoms with Crippen molar-refractivity contribution in [2.75, 3.05) is 33.0 Å². The molecule has 1 unspecified atom stereocenters. The smallest absolute Gasteiger partial charge is 0.408 e. The van der Waals surface area contributed by atoms with Crippen LogP contribution >= 0.6 is 0 Å². The van der Waals surface area contributed by atoms with Crippen LogP contribution in [0.1, 0.15) is 36.3 Å². The zero-order valence-corrected chi connectivity index (χ0v) is 19.2. The molecule has 0 radical (unpaired) electrons. The molecule has 3 N–H and O–H groups in total. The Morgan fingerprint density at radius 2 is 1.43 bits per heavy atom. The SMILES string of the molecule is O=C(NC1(C(=O)NC2(C(=O)O)CCOCC2)CCOC1)OCC1c2ccccc2-c2ccccc21. The van der Waals surface area contributed by atoms with Crippen LogP contribution < -0.4 is 10.6 Å². The second kappa shape index (κ2) is 9.31. The van der Waals surface area contributed by atoms with Gasteiger partial charge >= 0.3 is 12.1 Å². The standard InChI is InChI=1S/C26H28N2O7/c29-22(27-25(23(30)31)9-12-33-13-10-25)26(11-14-34-16-26)28-24(32)35-15-21-19-7-3-1-5-17(19)18-6-2-4-8-20(18)21/h1-8,21H,9-16H2,(H,27,29)(H,28,32)(H,30,31). The van der Waals surface area contributed by atoms with Gasteiger partial charge in [-0.05, 0) is 22.3 Å². The van der Waals surface area contributed by atoms with E-state index in [2.05, 4.69) is 22.8 Å². The van der Waals surface area contributed by atoms with Crippen molar-refractivity contribution in [3.63, 3.8) is 0 Å². The Morgan fingerprint density at radius 3 is 2.00 bits per heavy atom. The molecule has 1 atom stereocenters. The number of carbonyl (C=O) groups is 3. The number of fused-ring (bicyclic) bond motifs is 3. The van der Waals surface area contributed by atoms with Crippen LogP contribution in [0.4, 0.5) is 4.79 Å². The van der Waals surface area contributed by atoms with Crippen molar-refractivity contribution in [1.82, 2.24) is 10.6 Å². The van der Waals surface area contributed by atoms with E-state index < -0.39 is 29.0 Å². The van der Waals surface area contributed by atoms with Crippen molar-refractivity contribution in [2.24, 2.45) is 0 Å². The van der Waals surface area contributed by atoms with E-state index in [4.69, 9.17) is 14.2 Å². The summed E-state index contributed by atoms with van der Waals surface area (Å²) in [7, 11) is 0. The van der Waals surface area contributed by atoms with Gasteiger partial charge in [0.15, 0.2) is 0 Å². The fraction of sp³-hybridized carbons (Fsp3) is 0.423. The van der Waals surface area contributed by atoms with Gasteiger partial charge in [0.2, 0.25) is 5.91 Å². The summed E-state index contributed by atoms with van der Waals surface area (Å²) in [6.07, 6.45) is -0.231. The van der Waals surface area contributed by atoms with E-state index in [9.17, 15) is 19.5 Å². The largest absolute Gasteiger partial charge is 0.480 e. The lowest BCUT2D eigenvalue weighted by Crippen LogP contribution is -2.66. The first kappa shape index (κ1) is 23.3. The summed E-state index contributed by atoms with van der Waals surface area (Å²) in [6.45, 7) is 0.774. The minimum absolute atomic E-state index is 0.0603. The minimum atomic E-state index is -1.44. The molecule has 2 aromatic carbocycles. The van der Waals surface area contributed by atoms with Crippen LogP contribution in [0.5, 0.6) is 0 Å². The Labute approximate surface area is 202 Å². The topological polar surface area (TPSA) is 123 Å². The van der Waals surface area contributed by atoms with E-state index in [1.807, 2.05) is 36.4 Å². The zero-order valence-electron chi connectivity index (χ0n) is 19.2.